The van der Waals surface area contributed by atoms with Crippen LogP contribution in [0.5, 0.6) is 28.7 Å². The predicted octanol–water partition coefficient (Wildman–Crippen LogP) is 2.27. The first-order chi connectivity index (χ1) is 14.7. The minimum atomic E-state index is -3.78. The molecule has 0 saturated carbocycles. The zero-order valence-corrected chi connectivity index (χ0v) is 18.3. The van der Waals surface area contributed by atoms with Crippen molar-refractivity contribution in [2.75, 3.05) is 28.4 Å². The summed E-state index contributed by atoms with van der Waals surface area (Å²) >= 11 is 0. The van der Waals surface area contributed by atoms with Crippen molar-refractivity contribution in [1.29, 1.82) is 0 Å². The molecule has 0 spiro atoms. The molecule has 0 aliphatic rings. The summed E-state index contributed by atoms with van der Waals surface area (Å²) in [6.07, 6.45) is 1.72. The van der Waals surface area contributed by atoms with Gasteiger partial charge in [-0.15, -0.1) is 0 Å². The highest BCUT2D eigenvalue weighted by Crippen LogP contribution is 2.35. The SMILES string of the molecule is COc1cc(OC)c(/C=C/NS(=O)(=O)Cc2ccc(OC)c(OC(N)=O)c2)c(OC)c1. The lowest BCUT2D eigenvalue weighted by molar-refractivity contribution is 0.208. The average Bonchev–Trinajstić information content (AvgIpc) is 2.72. The van der Waals surface area contributed by atoms with Gasteiger partial charge in [0, 0.05) is 18.3 Å². The van der Waals surface area contributed by atoms with E-state index in [4.69, 9.17) is 29.4 Å². The van der Waals surface area contributed by atoms with Crippen LogP contribution in [0, 0.1) is 0 Å². The van der Waals surface area contributed by atoms with E-state index in [1.54, 1.807) is 12.1 Å². The summed E-state index contributed by atoms with van der Waals surface area (Å²) in [5.74, 6) is 1.29. The van der Waals surface area contributed by atoms with Gasteiger partial charge in [-0.2, -0.15) is 0 Å². The Morgan fingerprint density at radius 1 is 0.935 bits per heavy atom. The summed E-state index contributed by atoms with van der Waals surface area (Å²) in [4.78, 5) is 11.0. The quantitative estimate of drug-likeness (QED) is 0.560. The average molecular weight is 452 g/mol. The van der Waals surface area contributed by atoms with Crippen LogP contribution in [0.1, 0.15) is 11.1 Å². The van der Waals surface area contributed by atoms with E-state index in [9.17, 15) is 13.2 Å². The Morgan fingerprint density at radius 3 is 2.06 bits per heavy atom. The zero-order chi connectivity index (χ0) is 23.0. The predicted molar refractivity (Wildman–Crippen MR) is 114 cm³/mol. The molecule has 1 amide bonds. The van der Waals surface area contributed by atoms with E-state index in [0.29, 0.717) is 28.4 Å². The van der Waals surface area contributed by atoms with E-state index in [1.807, 2.05) is 0 Å². The molecule has 31 heavy (non-hydrogen) atoms. The maximum absolute atomic E-state index is 12.5. The van der Waals surface area contributed by atoms with Crippen molar-refractivity contribution in [2.45, 2.75) is 5.75 Å². The van der Waals surface area contributed by atoms with Gasteiger partial charge in [0.1, 0.15) is 17.2 Å². The monoisotopic (exact) mass is 452 g/mol. The molecule has 0 aliphatic heterocycles. The molecule has 0 bridgehead atoms. The van der Waals surface area contributed by atoms with Gasteiger partial charge >= 0.3 is 6.09 Å². The molecule has 0 saturated heterocycles. The highest BCUT2D eigenvalue weighted by Gasteiger charge is 2.15. The molecule has 0 atom stereocenters. The second-order valence-electron chi connectivity index (χ2n) is 6.06. The lowest BCUT2D eigenvalue weighted by atomic mass is 10.1. The maximum atomic E-state index is 12.5. The molecule has 0 aromatic heterocycles. The van der Waals surface area contributed by atoms with Crippen molar-refractivity contribution >= 4 is 22.2 Å². The molecule has 0 aliphatic carbocycles. The smallest absolute Gasteiger partial charge is 0.410 e. The molecule has 0 fully saturated rings. The van der Waals surface area contributed by atoms with Gasteiger partial charge in [0.2, 0.25) is 10.0 Å². The van der Waals surface area contributed by atoms with Crippen molar-refractivity contribution in [1.82, 2.24) is 4.72 Å². The minimum Gasteiger partial charge on any atom is -0.496 e. The topological polar surface area (TPSA) is 135 Å². The highest BCUT2D eigenvalue weighted by atomic mass is 32.2. The van der Waals surface area contributed by atoms with Crippen molar-refractivity contribution in [3.05, 3.63) is 47.7 Å². The number of ether oxygens (including phenoxy) is 5. The van der Waals surface area contributed by atoms with E-state index in [0.717, 1.165) is 0 Å². The Kier molecular flexibility index (Phi) is 7.97. The van der Waals surface area contributed by atoms with E-state index < -0.39 is 16.1 Å². The molecule has 0 heterocycles. The van der Waals surface area contributed by atoms with Gasteiger partial charge in [0.05, 0.1) is 39.8 Å². The van der Waals surface area contributed by atoms with Gasteiger partial charge in [0.15, 0.2) is 11.5 Å². The number of primary amides is 1. The van der Waals surface area contributed by atoms with E-state index in [1.165, 1.54) is 58.9 Å². The number of hydrogen-bond acceptors (Lipinski definition) is 8. The Morgan fingerprint density at radius 2 is 1.55 bits per heavy atom. The molecular formula is C20H24N2O8S. The Hall–Kier alpha value is -3.60. The number of carbonyl (C=O) groups is 1. The standard InChI is InChI=1S/C20H24N2O8S/c1-26-14-10-17(28-3)15(18(11-14)29-4)7-8-22-31(24,25)12-13-5-6-16(27-2)19(9-13)30-20(21)23/h5-11,22H,12H2,1-4H3,(H2,21,23)/b8-7+. The van der Waals surface area contributed by atoms with Crippen molar-refractivity contribution in [2.24, 2.45) is 5.73 Å². The Bertz CT molecular complexity index is 1040. The molecule has 11 heteroatoms. The summed E-state index contributed by atoms with van der Waals surface area (Å²) in [5, 5.41) is 0. The van der Waals surface area contributed by atoms with Gasteiger partial charge in [-0.25, -0.2) is 13.2 Å². The summed E-state index contributed by atoms with van der Waals surface area (Å²) in [5.41, 5.74) is 5.91. The second-order valence-corrected chi connectivity index (χ2v) is 7.82. The summed E-state index contributed by atoms with van der Waals surface area (Å²) in [6.45, 7) is 0. The Balaban J connectivity index is 2.21. The number of nitrogens with two attached hydrogens (primary N) is 1. The molecule has 3 N–H and O–H groups in total. The zero-order valence-electron chi connectivity index (χ0n) is 17.5. The first-order valence-corrected chi connectivity index (χ1v) is 10.5. The third kappa shape index (κ3) is 6.44. The van der Waals surface area contributed by atoms with E-state index in [-0.39, 0.29) is 17.3 Å². The molecule has 2 rings (SSSR count). The van der Waals surface area contributed by atoms with Gasteiger partial charge < -0.3 is 29.4 Å². The molecular weight excluding hydrogens is 428 g/mol. The van der Waals surface area contributed by atoms with Crippen LogP contribution < -0.4 is 34.1 Å². The minimum absolute atomic E-state index is 0.0194. The number of hydrogen-bond donors (Lipinski definition) is 2. The molecule has 2 aromatic rings. The largest absolute Gasteiger partial charge is 0.496 e. The van der Waals surface area contributed by atoms with Crippen LogP contribution in [-0.4, -0.2) is 43.0 Å². The first kappa shape index (κ1) is 23.7. The van der Waals surface area contributed by atoms with Crippen LogP contribution in [-0.2, 0) is 15.8 Å². The fraction of sp³-hybridized carbons (Fsp3) is 0.250. The number of sulfonamides is 1. The summed E-state index contributed by atoms with van der Waals surface area (Å²) in [7, 11) is 2.07. The van der Waals surface area contributed by atoms with Gasteiger partial charge in [-0.05, 0) is 23.8 Å². The molecule has 168 valence electrons. The Labute approximate surface area is 180 Å². The van der Waals surface area contributed by atoms with Crippen LogP contribution in [0.3, 0.4) is 0 Å². The van der Waals surface area contributed by atoms with Crippen molar-refractivity contribution in [3.8, 4) is 28.7 Å². The number of benzene rings is 2. The van der Waals surface area contributed by atoms with Gasteiger partial charge in [-0.3, -0.25) is 4.72 Å². The van der Waals surface area contributed by atoms with Crippen LogP contribution in [0.25, 0.3) is 6.08 Å². The van der Waals surface area contributed by atoms with Crippen LogP contribution >= 0.6 is 0 Å². The number of amides is 1. The van der Waals surface area contributed by atoms with E-state index >= 15 is 0 Å². The number of methoxy groups -OCH3 is 4. The fourth-order valence-corrected chi connectivity index (χ4v) is 3.66. The maximum Gasteiger partial charge on any atom is 0.410 e. The van der Waals surface area contributed by atoms with Crippen LogP contribution in [0.4, 0.5) is 4.79 Å². The van der Waals surface area contributed by atoms with Crippen molar-refractivity contribution < 1.29 is 36.9 Å². The second kappa shape index (κ2) is 10.4. The molecule has 0 radical (unpaired) electrons. The van der Waals surface area contributed by atoms with Crippen LogP contribution in [0.15, 0.2) is 36.5 Å². The number of nitrogens with one attached hydrogen (secondary N) is 1. The number of carbonyl (C=O) groups excluding carboxylic acids is 1. The number of rotatable bonds is 10. The third-order valence-corrected chi connectivity index (χ3v) is 5.25. The fourth-order valence-electron chi connectivity index (χ4n) is 2.68. The molecule has 0 unspecified atom stereocenters. The molecule has 2 aromatic carbocycles. The lowest BCUT2D eigenvalue weighted by Crippen LogP contribution is -2.20. The van der Waals surface area contributed by atoms with Crippen LogP contribution in [0.2, 0.25) is 0 Å². The normalized spacial score (nSPS) is 11.1. The lowest BCUT2D eigenvalue weighted by Gasteiger charge is -2.13. The summed E-state index contributed by atoms with van der Waals surface area (Å²) in [6, 6.07) is 7.67. The van der Waals surface area contributed by atoms with Gasteiger partial charge in [0.25, 0.3) is 0 Å². The van der Waals surface area contributed by atoms with E-state index in [2.05, 4.69) is 4.72 Å². The highest BCUT2D eigenvalue weighted by molar-refractivity contribution is 7.88. The van der Waals surface area contributed by atoms with Gasteiger partial charge in [-0.1, -0.05) is 6.07 Å². The molecule has 10 nitrogen and oxygen atoms in total. The third-order valence-electron chi connectivity index (χ3n) is 4.05. The first-order valence-electron chi connectivity index (χ1n) is 8.83. The summed E-state index contributed by atoms with van der Waals surface area (Å²) < 4.78 is 53.1. The van der Waals surface area contributed by atoms with Crippen molar-refractivity contribution in [3.63, 3.8) is 0 Å².